The van der Waals surface area contributed by atoms with E-state index in [0.717, 1.165) is 31.9 Å². The van der Waals surface area contributed by atoms with Crippen molar-refractivity contribution in [2.45, 2.75) is 20.1 Å². The van der Waals surface area contributed by atoms with Crippen molar-refractivity contribution < 1.29 is 9.52 Å². The minimum Gasteiger partial charge on any atom is -0.462 e. The van der Waals surface area contributed by atoms with Gasteiger partial charge in [0, 0.05) is 13.1 Å². The van der Waals surface area contributed by atoms with Crippen molar-refractivity contribution in [3.05, 3.63) is 23.7 Å². The van der Waals surface area contributed by atoms with Crippen LogP contribution in [0.2, 0.25) is 0 Å². The van der Waals surface area contributed by atoms with Gasteiger partial charge < -0.3 is 19.7 Å². The van der Waals surface area contributed by atoms with Crippen LogP contribution in [0.4, 0.5) is 0 Å². The minimum absolute atomic E-state index is 0.0292. The van der Waals surface area contributed by atoms with Crippen LogP contribution in [0, 0.1) is 0 Å². The quantitative estimate of drug-likeness (QED) is 0.657. The van der Waals surface area contributed by atoms with Crippen molar-refractivity contribution in [1.29, 1.82) is 0 Å². The maximum absolute atomic E-state index is 8.81. The molecule has 0 spiro atoms. The summed E-state index contributed by atoms with van der Waals surface area (Å²) in [5.74, 6) is 1.50. The number of nitrogens with zero attached hydrogens (tertiary/aromatic N) is 1. The molecule has 0 aromatic carbocycles. The molecule has 1 rings (SSSR count). The maximum atomic E-state index is 8.81. The molecular formula is C11H20N2O2. The van der Waals surface area contributed by atoms with Gasteiger partial charge >= 0.3 is 0 Å². The molecule has 0 saturated heterocycles. The van der Waals surface area contributed by atoms with Crippen LogP contribution in [0.5, 0.6) is 0 Å². The van der Waals surface area contributed by atoms with E-state index in [1.165, 1.54) is 0 Å². The van der Waals surface area contributed by atoms with Gasteiger partial charge in [-0.05, 0) is 25.7 Å². The third-order valence-corrected chi connectivity index (χ3v) is 2.38. The number of furan rings is 1. The molecule has 4 nitrogen and oxygen atoms in total. The first-order valence-electron chi connectivity index (χ1n) is 5.34. The molecule has 0 atom stereocenters. The SMILES string of the molecule is CCN(C)CCNCc1ccc(CO)o1. The van der Waals surface area contributed by atoms with Gasteiger partial charge in [-0.1, -0.05) is 6.92 Å². The fourth-order valence-electron chi connectivity index (χ4n) is 1.24. The number of hydrogen-bond donors (Lipinski definition) is 2. The van der Waals surface area contributed by atoms with Crippen LogP contribution in [-0.2, 0) is 13.2 Å². The molecule has 1 heterocycles. The number of aliphatic hydroxyl groups is 1. The van der Waals surface area contributed by atoms with E-state index in [1.807, 2.05) is 6.07 Å². The zero-order chi connectivity index (χ0) is 11.1. The topological polar surface area (TPSA) is 48.6 Å². The van der Waals surface area contributed by atoms with Crippen molar-refractivity contribution in [2.75, 3.05) is 26.7 Å². The third kappa shape index (κ3) is 4.46. The number of hydrogen-bond acceptors (Lipinski definition) is 4. The van der Waals surface area contributed by atoms with Gasteiger partial charge in [0.2, 0.25) is 0 Å². The van der Waals surface area contributed by atoms with Crippen LogP contribution in [0.15, 0.2) is 16.5 Å². The highest BCUT2D eigenvalue weighted by Crippen LogP contribution is 2.06. The molecule has 0 fully saturated rings. The van der Waals surface area contributed by atoms with E-state index in [1.54, 1.807) is 6.07 Å². The highest BCUT2D eigenvalue weighted by Gasteiger charge is 2.00. The normalized spacial score (nSPS) is 11.2. The Morgan fingerprint density at radius 2 is 2.13 bits per heavy atom. The smallest absolute Gasteiger partial charge is 0.129 e. The van der Waals surface area contributed by atoms with Gasteiger partial charge in [-0.3, -0.25) is 0 Å². The Kier molecular flexibility index (Phi) is 5.39. The van der Waals surface area contributed by atoms with Crippen LogP contribution in [0.1, 0.15) is 18.4 Å². The predicted octanol–water partition coefficient (Wildman–Crippen LogP) is 0.813. The van der Waals surface area contributed by atoms with Gasteiger partial charge in [0.15, 0.2) is 0 Å². The van der Waals surface area contributed by atoms with Crippen LogP contribution >= 0.6 is 0 Å². The van der Waals surface area contributed by atoms with Gasteiger partial charge in [0.1, 0.15) is 18.1 Å². The Labute approximate surface area is 90.9 Å². The van der Waals surface area contributed by atoms with E-state index >= 15 is 0 Å². The molecule has 0 bridgehead atoms. The average molecular weight is 212 g/mol. The first-order valence-corrected chi connectivity index (χ1v) is 5.34. The molecule has 0 aliphatic rings. The van der Waals surface area contributed by atoms with Gasteiger partial charge in [0.05, 0.1) is 6.54 Å². The Balaban J connectivity index is 2.14. The lowest BCUT2D eigenvalue weighted by Gasteiger charge is -2.13. The molecule has 0 aliphatic carbocycles. The van der Waals surface area contributed by atoms with Crippen molar-refractivity contribution in [3.8, 4) is 0 Å². The number of aliphatic hydroxyl groups excluding tert-OH is 1. The number of likely N-dealkylation sites (N-methyl/N-ethyl adjacent to an activating group) is 1. The van der Waals surface area contributed by atoms with E-state index in [4.69, 9.17) is 9.52 Å². The van der Waals surface area contributed by atoms with E-state index in [9.17, 15) is 0 Å². The summed E-state index contributed by atoms with van der Waals surface area (Å²) in [5.41, 5.74) is 0. The highest BCUT2D eigenvalue weighted by molar-refractivity contribution is 5.05. The van der Waals surface area contributed by atoms with E-state index in [0.29, 0.717) is 5.76 Å². The third-order valence-electron chi connectivity index (χ3n) is 2.38. The molecule has 0 amide bonds. The molecule has 1 aromatic rings. The van der Waals surface area contributed by atoms with Crippen LogP contribution in [-0.4, -0.2) is 36.7 Å². The van der Waals surface area contributed by atoms with Crippen molar-refractivity contribution in [2.24, 2.45) is 0 Å². The lowest BCUT2D eigenvalue weighted by Crippen LogP contribution is -2.28. The number of rotatable bonds is 7. The monoisotopic (exact) mass is 212 g/mol. The largest absolute Gasteiger partial charge is 0.462 e. The molecule has 15 heavy (non-hydrogen) atoms. The molecule has 1 aromatic heterocycles. The fourth-order valence-corrected chi connectivity index (χ4v) is 1.24. The van der Waals surface area contributed by atoms with Gasteiger partial charge in [-0.25, -0.2) is 0 Å². The summed E-state index contributed by atoms with van der Waals surface area (Å²) >= 11 is 0. The summed E-state index contributed by atoms with van der Waals surface area (Å²) < 4.78 is 5.34. The Bertz CT molecular complexity index is 273. The van der Waals surface area contributed by atoms with E-state index < -0.39 is 0 Å². The summed E-state index contributed by atoms with van der Waals surface area (Å²) in [5, 5.41) is 12.1. The molecule has 4 heteroatoms. The lowest BCUT2D eigenvalue weighted by molar-refractivity contribution is 0.242. The highest BCUT2D eigenvalue weighted by atomic mass is 16.4. The number of nitrogens with one attached hydrogen (secondary N) is 1. The summed E-state index contributed by atoms with van der Waals surface area (Å²) in [6.45, 7) is 5.87. The second kappa shape index (κ2) is 6.61. The Morgan fingerprint density at radius 3 is 2.73 bits per heavy atom. The van der Waals surface area contributed by atoms with Crippen molar-refractivity contribution in [1.82, 2.24) is 10.2 Å². The molecule has 0 radical (unpaired) electrons. The average Bonchev–Trinajstić information content (AvgIpc) is 2.72. The molecular weight excluding hydrogens is 192 g/mol. The lowest BCUT2D eigenvalue weighted by atomic mass is 10.4. The minimum atomic E-state index is -0.0292. The maximum Gasteiger partial charge on any atom is 0.129 e. The fraction of sp³-hybridized carbons (Fsp3) is 0.636. The Hall–Kier alpha value is -0.840. The summed E-state index contributed by atoms with van der Waals surface area (Å²) in [7, 11) is 2.10. The summed E-state index contributed by atoms with van der Waals surface area (Å²) in [4.78, 5) is 2.24. The first-order chi connectivity index (χ1) is 7.26. The van der Waals surface area contributed by atoms with E-state index in [-0.39, 0.29) is 6.61 Å². The molecule has 0 saturated carbocycles. The van der Waals surface area contributed by atoms with Gasteiger partial charge in [0.25, 0.3) is 0 Å². The first kappa shape index (κ1) is 12.2. The zero-order valence-corrected chi connectivity index (χ0v) is 9.49. The molecule has 2 N–H and O–H groups in total. The predicted molar refractivity (Wildman–Crippen MR) is 59.5 cm³/mol. The second-order valence-electron chi connectivity index (χ2n) is 3.60. The van der Waals surface area contributed by atoms with Gasteiger partial charge in [-0.15, -0.1) is 0 Å². The van der Waals surface area contributed by atoms with E-state index in [2.05, 4.69) is 24.2 Å². The molecule has 86 valence electrons. The van der Waals surface area contributed by atoms with Crippen LogP contribution < -0.4 is 5.32 Å². The van der Waals surface area contributed by atoms with Gasteiger partial charge in [-0.2, -0.15) is 0 Å². The standard InChI is InChI=1S/C11H20N2O2/c1-3-13(2)7-6-12-8-10-4-5-11(9-14)15-10/h4-5,12,14H,3,6-9H2,1-2H3. The zero-order valence-electron chi connectivity index (χ0n) is 9.49. The Morgan fingerprint density at radius 1 is 1.40 bits per heavy atom. The molecule has 0 aliphatic heterocycles. The van der Waals surface area contributed by atoms with Crippen LogP contribution in [0.3, 0.4) is 0 Å². The molecule has 0 unspecified atom stereocenters. The summed E-state index contributed by atoms with van der Waals surface area (Å²) in [6.07, 6.45) is 0. The van der Waals surface area contributed by atoms with Crippen molar-refractivity contribution >= 4 is 0 Å². The van der Waals surface area contributed by atoms with Crippen LogP contribution in [0.25, 0.3) is 0 Å². The van der Waals surface area contributed by atoms with Crippen molar-refractivity contribution in [3.63, 3.8) is 0 Å². The second-order valence-corrected chi connectivity index (χ2v) is 3.60. The summed E-state index contributed by atoms with van der Waals surface area (Å²) in [6, 6.07) is 3.69.